The minimum atomic E-state index is -0.393. The number of carbonyl (C=O) groups is 2. The second-order valence-corrected chi connectivity index (χ2v) is 5.10. The van der Waals surface area contributed by atoms with Gasteiger partial charge in [-0.05, 0) is 25.8 Å². The fourth-order valence-electron chi connectivity index (χ4n) is 2.10. The van der Waals surface area contributed by atoms with Crippen molar-refractivity contribution in [3.05, 3.63) is 11.6 Å². The van der Waals surface area contributed by atoms with Gasteiger partial charge in [-0.2, -0.15) is 0 Å². The Morgan fingerprint density at radius 3 is 2.33 bits per heavy atom. The normalized spacial score (nSPS) is 20.2. The largest absolute Gasteiger partial charge is 0.466 e. The van der Waals surface area contributed by atoms with E-state index in [1.165, 1.54) is 19.1 Å². The second-order valence-electron chi connectivity index (χ2n) is 5.10. The van der Waals surface area contributed by atoms with Crippen molar-refractivity contribution in [2.75, 3.05) is 13.7 Å². The molecule has 0 aliphatic carbocycles. The van der Waals surface area contributed by atoms with Gasteiger partial charge in [0.25, 0.3) is 0 Å². The Hall–Kier alpha value is -1.40. The molecule has 21 heavy (non-hydrogen) atoms. The topological polar surface area (TPSA) is 65.1 Å². The average molecular weight is 299 g/mol. The van der Waals surface area contributed by atoms with E-state index in [1.54, 1.807) is 13.0 Å². The van der Waals surface area contributed by atoms with Gasteiger partial charge in [0.15, 0.2) is 0 Å². The Bertz CT molecular complexity index is 397. The molecule has 1 saturated heterocycles. The summed E-state index contributed by atoms with van der Waals surface area (Å²) in [6.07, 6.45) is 2.93. The van der Waals surface area contributed by atoms with Crippen molar-refractivity contribution in [1.29, 1.82) is 0 Å². The molecule has 0 spiro atoms. The van der Waals surface area contributed by atoms with Crippen LogP contribution in [0.15, 0.2) is 11.6 Å². The molecular weight excluding hydrogens is 274 g/mol. The third-order valence-electron chi connectivity index (χ3n) is 3.51. The van der Waals surface area contributed by atoms with Crippen molar-refractivity contribution in [2.24, 2.45) is 0 Å². The Balaban J connectivity index is 2.76. The van der Waals surface area contributed by atoms with Crippen LogP contribution in [-0.4, -0.2) is 48.9 Å². The van der Waals surface area contributed by atoms with Crippen molar-refractivity contribution in [1.82, 2.24) is 5.06 Å². The highest BCUT2D eigenvalue weighted by Crippen LogP contribution is 2.23. The van der Waals surface area contributed by atoms with Gasteiger partial charge in [0.1, 0.15) is 12.2 Å². The maximum absolute atomic E-state index is 11.5. The smallest absolute Gasteiger partial charge is 0.333 e. The van der Waals surface area contributed by atoms with E-state index in [1.807, 2.05) is 13.8 Å². The molecule has 6 heteroatoms. The number of carbonyl (C=O) groups excluding carboxylic acids is 2. The number of esters is 1. The summed E-state index contributed by atoms with van der Waals surface area (Å²) in [5.41, 5.74) is 0.471. The fourth-order valence-corrected chi connectivity index (χ4v) is 2.10. The number of amides is 1. The number of methoxy groups -OCH3 is 1. The molecule has 1 aliphatic heterocycles. The molecule has 120 valence electrons. The predicted molar refractivity (Wildman–Crippen MR) is 77.3 cm³/mol. The zero-order valence-electron chi connectivity index (χ0n) is 13.4. The van der Waals surface area contributed by atoms with E-state index in [9.17, 15) is 9.59 Å². The predicted octanol–water partition coefficient (Wildman–Crippen LogP) is 1.84. The molecule has 2 atom stereocenters. The van der Waals surface area contributed by atoms with E-state index in [0.29, 0.717) is 12.1 Å². The highest BCUT2D eigenvalue weighted by molar-refractivity contribution is 5.87. The molecule has 1 rings (SSSR count). The first-order valence-electron chi connectivity index (χ1n) is 7.29. The van der Waals surface area contributed by atoms with E-state index < -0.39 is 5.97 Å². The van der Waals surface area contributed by atoms with Gasteiger partial charge in [0, 0.05) is 12.5 Å². The van der Waals surface area contributed by atoms with Crippen LogP contribution >= 0.6 is 0 Å². The van der Waals surface area contributed by atoms with Crippen LogP contribution in [0.25, 0.3) is 0 Å². The van der Waals surface area contributed by atoms with Gasteiger partial charge < -0.3 is 9.47 Å². The lowest BCUT2D eigenvalue weighted by molar-refractivity contribution is -0.301. The lowest BCUT2D eigenvalue weighted by Crippen LogP contribution is -2.56. The first-order chi connectivity index (χ1) is 9.92. The zero-order chi connectivity index (χ0) is 16.0. The average Bonchev–Trinajstić information content (AvgIpc) is 2.40. The molecule has 0 aromatic rings. The van der Waals surface area contributed by atoms with Crippen LogP contribution in [0.3, 0.4) is 0 Å². The number of ether oxygens (including phenoxy) is 2. The van der Waals surface area contributed by atoms with E-state index in [4.69, 9.17) is 14.3 Å². The van der Waals surface area contributed by atoms with Gasteiger partial charge in [-0.1, -0.05) is 13.8 Å². The second kappa shape index (κ2) is 8.14. The molecule has 1 aliphatic rings. The Morgan fingerprint density at radius 2 is 1.90 bits per heavy atom. The number of hydrogen-bond acceptors (Lipinski definition) is 5. The molecule has 0 aromatic heterocycles. The van der Waals surface area contributed by atoms with Gasteiger partial charge in [0.05, 0.1) is 19.8 Å². The summed E-state index contributed by atoms with van der Waals surface area (Å²) >= 11 is 0. The molecule has 0 N–H and O–H groups in total. The third-order valence-corrected chi connectivity index (χ3v) is 3.51. The van der Waals surface area contributed by atoms with Crippen molar-refractivity contribution in [3.8, 4) is 0 Å². The molecule has 1 amide bonds. The number of hydroxylamine groups is 2. The van der Waals surface area contributed by atoms with Gasteiger partial charge in [-0.25, -0.2) is 9.86 Å². The molecule has 1 unspecified atom stereocenters. The number of nitrogens with zero attached hydrogens (tertiary/aromatic N) is 1. The molecule has 6 nitrogen and oxygen atoms in total. The minimum Gasteiger partial charge on any atom is -0.466 e. The molecule has 1 fully saturated rings. The number of rotatable bonds is 7. The number of hydrogen-bond donors (Lipinski definition) is 0. The third kappa shape index (κ3) is 4.82. The fraction of sp³-hybridized carbons (Fsp3) is 0.733. The van der Waals surface area contributed by atoms with Gasteiger partial charge in [-0.15, -0.1) is 0 Å². The Kier molecular flexibility index (Phi) is 6.84. The van der Waals surface area contributed by atoms with Crippen LogP contribution < -0.4 is 0 Å². The first-order valence-corrected chi connectivity index (χ1v) is 7.29. The van der Waals surface area contributed by atoms with Crippen molar-refractivity contribution in [2.45, 2.75) is 58.8 Å². The highest BCUT2D eigenvalue weighted by Gasteiger charge is 2.37. The lowest BCUT2D eigenvalue weighted by atomic mass is 10.1. The molecular formula is C15H25NO5. The summed E-state index contributed by atoms with van der Waals surface area (Å²) in [4.78, 5) is 28.1. The first kappa shape index (κ1) is 17.7. The van der Waals surface area contributed by atoms with Crippen LogP contribution in [0.5, 0.6) is 0 Å². The molecule has 0 aromatic carbocycles. The van der Waals surface area contributed by atoms with Crippen molar-refractivity contribution >= 4 is 11.9 Å². The summed E-state index contributed by atoms with van der Waals surface area (Å²) in [6.45, 7) is 7.68. The van der Waals surface area contributed by atoms with Gasteiger partial charge in [-0.3, -0.25) is 9.63 Å². The Morgan fingerprint density at radius 1 is 1.33 bits per heavy atom. The van der Waals surface area contributed by atoms with Crippen LogP contribution in [0.4, 0.5) is 0 Å². The molecule has 0 radical (unpaired) electrons. The zero-order valence-corrected chi connectivity index (χ0v) is 13.4. The lowest BCUT2D eigenvalue weighted by Gasteiger charge is -2.41. The SMILES string of the molecule is CCC(CC)OC(/C=C(\C)C(=O)OC)[C@@H]1CN(C(C)=O)O1. The summed E-state index contributed by atoms with van der Waals surface area (Å²) in [5, 5.41) is 1.29. The van der Waals surface area contributed by atoms with Crippen molar-refractivity contribution < 1.29 is 23.9 Å². The van der Waals surface area contributed by atoms with Gasteiger partial charge in [0.2, 0.25) is 5.91 Å². The summed E-state index contributed by atoms with van der Waals surface area (Å²) < 4.78 is 10.7. The maximum atomic E-state index is 11.5. The standard InChI is InChI=1S/C15H25NO5/c1-6-12(7-2)20-13(8-10(3)15(18)19-5)14-9-16(21-14)11(4)17/h8,12-14H,6-7,9H2,1-5H3/b10-8+/t13?,14-/m0/s1. The monoisotopic (exact) mass is 299 g/mol. The Labute approximate surface area is 126 Å². The summed E-state index contributed by atoms with van der Waals surface area (Å²) in [7, 11) is 1.34. The van der Waals surface area contributed by atoms with Crippen LogP contribution in [-0.2, 0) is 23.9 Å². The summed E-state index contributed by atoms with van der Waals surface area (Å²) in [6, 6.07) is 0. The van der Waals surface area contributed by atoms with E-state index in [-0.39, 0.29) is 24.2 Å². The maximum Gasteiger partial charge on any atom is 0.333 e. The van der Waals surface area contributed by atoms with Crippen LogP contribution in [0.1, 0.15) is 40.5 Å². The summed E-state index contributed by atoms with van der Waals surface area (Å²) in [5.74, 6) is -0.530. The highest BCUT2D eigenvalue weighted by atomic mass is 16.7. The molecule has 1 heterocycles. The minimum absolute atomic E-state index is 0.0895. The van der Waals surface area contributed by atoms with Gasteiger partial charge >= 0.3 is 5.97 Å². The van der Waals surface area contributed by atoms with E-state index in [0.717, 1.165) is 12.8 Å². The quantitative estimate of drug-likeness (QED) is 0.530. The molecule has 0 saturated carbocycles. The van der Waals surface area contributed by atoms with Crippen LogP contribution in [0.2, 0.25) is 0 Å². The van der Waals surface area contributed by atoms with Crippen molar-refractivity contribution in [3.63, 3.8) is 0 Å². The molecule has 0 bridgehead atoms. The van der Waals surface area contributed by atoms with E-state index >= 15 is 0 Å². The van der Waals surface area contributed by atoms with Crippen LogP contribution in [0, 0.1) is 0 Å². The van der Waals surface area contributed by atoms with E-state index in [2.05, 4.69) is 0 Å².